The van der Waals surface area contributed by atoms with Crippen LogP contribution < -0.4 is 0 Å². The van der Waals surface area contributed by atoms with Gasteiger partial charge >= 0.3 is 5.97 Å². The van der Waals surface area contributed by atoms with Crippen LogP contribution in [0.5, 0.6) is 5.75 Å². The van der Waals surface area contributed by atoms with Crippen LogP contribution in [-0.4, -0.2) is 26.2 Å². The summed E-state index contributed by atoms with van der Waals surface area (Å²) in [6, 6.07) is 2.90. The average Bonchev–Trinajstić information content (AvgIpc) is 2.37. The molecule has 0 radical (unpaired) electrons. The molecule has 0 saturated carbocycles. The van der Waals surface area contributed by atoms with Gasteiger partial charge in [-0.3, -0.25) is 9.97 Å². The molecular weight excluding hydrogens is 232 g/mol. The first-order chi connectivity index (χ1) is 8.65. The highest BCUT2D eigenvalue weighted by Crippen LogP contribution is 2.07. The zero-order valence-electron chi connectivity index (χ0n) is 9.16. The normalized spacial score (nSPS) is 9.33. The Hall–Kier alpha value is -2.87. The smallest absolute Gasteiger partial charge is 0.337 e. The highest BCUT2D eigenvalue weighted by molar-refractivity contribution is 5.87. The quantitative estimate of drug-likeness (QED) is 0.733. The lowest BCUT2D eigenvalue weighted by Crippen LogP contribution is -1.97. The van der Waals surface area contributed by atoms with Gasteiger partial charge in [0.15, 0.2) is 0 Å². The maximum atomic E-state index is 10.7. The molecule has 0 aliphatic carbocycles. The molecule has 0 saturated heterocycles. The van der Waals surface area contributed by atoms with E-state index in [1.54, 1.807) is 0 Å². The minimum absolute atomic E-state index is 0.0270. The third-order valence-electron chi connectivity index (χ3n) is 2.06. The summed E-state index contributed by atoms with van der Waals surface area (Å²) >= 11 is 0. The second-order valence-corrected chi connectivity index (χ2v) is 3.45. The van der Waals surface area contributed by atoms with Gasteiger partial charge in [0.1, 0.15) is 5.75 Å². The fourth-order valence-corrected chi connectivity index (χ4v) is 1.27. The van der Waals surface area contributed by atoms with Crippen molar-refractivity contribution in [1.29, 1.82) is 0 Å². The van der Waals surface area contributed by atoms with E-state index in [1.807, 2.05) is 0 Å². The lowest BCUT2D eigenvalue weighted by atomic mass is 10.2. The van der Waals surface area contributed by atoms with Gasteiger partial charge in [-0.25, -0.2) is 4.79 Å². The van der Waals surface area contributed by atoms with Gasteiger partial charge in [0.05, 0.1) is 11.8 Å². The first-order valence-electron chi connectivity index (χ1n) is 4.99. The van der Waals surface area contributed by atoms with Crippen molar-refractivity contribution in [2.24, 2.45) is 0 Å². The van der Waals surface area contributed by atoms with E-state index in [-0.39, 0.29) is 11.3 Å². The van der Waals surface area contributed by atoms with E-state index in [0.717, 1.165) is 0 Å². The number of hydrogen-bond acceptors (Lipinski definition) is 4. The van der Waals surface area contributed by atoms with Crippen LogP contribution >= 0.6 is 0 Å². The van der Waals surface area contributed by atoms with Crippen molar-refractivity contribution >= 4 is 5.97 Å². The molecule has 2 N–H and O–H groups in total. The van der Waals surface area contributed by atoms with Crippen molar-refractivity contribution in [3.8, 4) is 17.6 Å². The number of carbonyl (C=O) groups is 1. The largest absolute Gasteiger partial charge is 0.506 e. The number of aromatic hydroxyl groups is 1. The Balaban J connectivity index is 2.30. The van der Waals surface area contributed by atoms with Gasteiger partial charge in [-0.2, -0.15) is 0 Å². The Morgan fingerprint density at radius 2 is 1.61 bits per heavy atom. The molecular formula is C13H8N2O3. The molecule has 0 aliphatic rings. The Morgan fingerprint density at radius 3 is 2.22 bits per heavy atom. The Kier molecular flexibility index (Phi) is 3.21. The molecule has 88 valence electrons. The molecule has 0 aliphatic heterocycles. The molecule has 0 atom stereocenters. The summed E-state index contributed by atoms with van der Waals surface area (Å²) in [7, 11) is 0. The number of aromatic nitrogens is 2. The van der Waals surface area contributed by atoms with Crippen molar-refractivity contribution in [2.45, 2.75) is 0 Å². The zero-order valence-corrected chi connectivity index (χ0v) is 9.16. The van der Waals surface area contributed by atoms with Gasteiger partial charge < -0.3 is 10.2 Å². The number of aromatic carboxylic acids is 1. The molecule has 2 heterocycles. The first kappa shape index (κ1) is 11.6. The summed E-state index contributed by atoms with van der Waals surface area (Å²) in [5.41, 5.74) is 1.10. The third kappa shape index (κ3) is 2.83. The zero-order chi connectivity index (χ0) is 13.0. The second-order valence-electron chi connectivity index (χ2n) is 3.45. The summed E-state index contributed by atoms with van der Waals surface area (Å²) in [5, 5.41) is 18.0. The molecule has 0 unspecified atom stereocenters. The fraction of sp³-hybridized carbons (Fsp3) is 0. The molecule has 2 rings (SSSR count). The summed E-state index contributed by atoms with van der Waals surface area (Å²) in [6.07, 6.45) is 5.53. The van der Waals surface area contributed by atoms with Gasteiger partial charge in [0, 0.05) is 29.7 Å². The predicted molar refractivity (Wildman–Crippen MR) is 63.1 cm³/mol. The van der Waals surface area contributed by atoms with Crippen LogP contribution in [0.3, 0.4) is 0 Å². The Bertz CT molecular complexity index is 657. The van der Waals surface area contributed by atoms with Crippen LogP contribution in [0.4, 0.5) is 0 Å². The van der Waals surface area contributed by atoms with Crippen LogP contribution in [0.15, 0.2) is 36.9 Å². The molecule has 5 heteroatoms. The maximum absolute atomic E-state index is 10.7. The number of nitrogens with zero attached hydrogens (tertiary/aromatic N) is 2. The van der Waals surface area contributed by atoms with E-state index in [9.17, 15) is 9.90 Å². The standard InChI is InChI=1S/C13H8N2O3/c16-12-4-10(6-15-8-12)2-1-9-3-11(13(17)18)7-14-5-9/h3-8,16H,(H,17,18). The maximum Gasteiger partial charge on any atom is 0.337 e. The second kappa shape index (κ2) is 4.97. The van der Waals surface area contributed by atoms with Gasteiger partial charge in [0.2, 0.25) is 0 Å². The van der Waals surface area contributed by atoms with Crippen molar-refractivity contribution < 1.29 is 15.0 Å². The predicted octanol–water partition coefficient (Wildman–Crippen LogP) is 1.28. The molecule has 0 fully saturated rings. The van der Waals surface area contributed by atoms with Crippen LogP contribution in [-0.2, 0) is 0 Å². The molecule has 0 bridgehead atoms. The Morgan fingerprint density at radius 1 is 1.00 bits per heavy atom. The molecule has 0 amide bonds. The molecule has 0 aromatic carbocycles. The Labute approximate surface area is 103 Å². The molecule has 2 aromatic rings. The topological polar surface area (TPSA) is 83.3 Å². The van der Waals surface area contributed by atoms with Crippen LogP contribution in [0.1, 0.15) is 21.5 Å². The van der Waals surface area contributed by atoms with E-state index in [0.29, 0.717) is 11.1 Å². The third-order valence-corrected chi connectivity index (χ3v) is 2.06. The molecule has 18 heavy (non-hydrogen) atoms. The van der Waals surface area contributed by atoms with Crippen LogP contribution in [0.25, 0.3) is 0 Å². The van der Waals surface area contributed by atoms with Crippen LogP contribution in [0, 0.1) is 11.8 Å². The monoisotopic (exact) mass is 240 g/mol. The fourth-order valence-electron chi connectivity index (χ4n) is 1.27. The highest BCUT2D eigenvalue weighted by atomic mass is 16.4. The van der Waals surface area contributed by atoms with Gasteiger partial charge in [0.25, 0.3) is 0 Å². The number of carboxylic acids is 1. The van der Waals surface area contributed by atoms with Crippen LogP contribution in [0.2, 0.25) is 0 Å². The van der Waals surface area contributed by atoms with Crippen molar-refractivity contribution in [1.82, 2.24) is 9.97 Å². The van der Waals surface area contributed by atoms with E-state index in [2.05, 4.69) is 21.8 Å². The van der Waals surface area contributed by atoms with E-state index >= 15 is 0 Å². The number of pyridine rings is 2. The summed E-state index contributed by atoms with van der Waals surface area (Å²) in [4.78, 5) is 18.3. The van der Waals surface area contributed by atoms with Crippen molar-refractivity contribution in [3.05, 3.63) is 53.6 Å². The number of carboxylic acid groups (broad SMARTS) is 1. The lowest BCUT2D eigenvalue weighted by Gasteiger charge is -1.94. The number of rotatable bonds is 1. The summed E-state index contributed by atoms with van der Waals surface area (Å²) in [6.45, 7) is 0. The highest BCUT2D eigenvalue weighted by Gasteiger charge is 2.02. The molecule has 2 aromatic heterocycles. The first-order valence-corrected chi connectivity index (χ1v) is 4.99. The minimum atomic E-state index is -1.05. The van der Waals surface area contributed by atoms with Crippen molar-refractivity contribution in [2.75, 3.05) is 0 Å². The van der Waals surface area contributed by atoms with Gasteiger partial charge in [-0.05, 0) is 12.1 Å². The number of hydrogen-bond donors (Lipinski definition) is 2. The van der Waals surface area contributed by atoms with E-state index < -0.39 is 5.97 Å². The summed E-state index contributed by atoms with van der Waals surface area (Å²) < 4.78 is 0. The lowest BCUT2D eigenvalue weighted by molar-refractivity contribution is 0.0696. The van der Waals surface area contributed by atoms with Crippen molar-refractivity contribution in [3.63, 3.8) is 0 Å². The van der Waals surface area contributed by atoms with Gasteiger partial charge in [-0.15, -0.1) is 0 Å². The minimum Gasteiger partial charge on any atom is -0.506 e. The molecule has 0 spiro atoms. The van der Waals surface area contributed by atoms with E-state index in [1.165, 1.54) is 36.9 Å². The SMILES string of the molecule is O=C(O)c1cncc(C#Cc2cncc(O)c2)c1. The molecule has 5 nitrogen and oxygen atoms in total. The average molecular weight is 240 g/mol. The summed E-state index contributed by atoms with van der Waals surface area (Å²) in [5.74, 6) is 4.50. The van der Waals surface area contributed by atoms with E-state index in [4.69, 9.17) is 5.11 Å². The van der Waals surface area contributed by atoms with Gasteiger partial charge in [-0.1, -0.05) is 11.8 Å².